The van der Waals surface area contributed by atoms with Gasteiger partial charge in [0, 0.05) is 17.4 Å². The zero-order valence-electron chi connectivity index (χ0n) is 14.2. The Morgan fingerprint density at radius 1 is 1.11 bits per heavy atom. The van der Waals surface area contributed by atoms with Gasteiger partial charge in [-0.25, -0.2) is 8.78 Å². The summed E-state index contributed by atoms with van der Waals surface area (Å²) in [5.74, 6) is -0.102. The van der Waals surface area contributed by atoms with Gasteiger partial charge in [0.15, 0.2) is 22.6 Å². The molecule has 1 fully saturated rings. The molecule has 4 nitrogen and oxygen atoms in total. The van der Waals surface area contributed by atoms with Gasteiger partial charge < -0.3 is 4.74 Å². The Bertz CT molecular complexity index is 962. The molecule has 0 spiro atoms. The van der Waals surface area contributed by atoms with Crippen LogP contribution in [0.2, 0.25) is 5.02 Å². The van der Waals surface area contributed by atoms with Gasteiger partial charge in [-0.3, -0.25) is 4.57 Å². The molecule has 140 valence electrons. The van der Waals surface area contributed by atoms with Crippen LogP contribution in [0, 0.1) is 11.6 Å². The fraction of sp³-hybridized carbons (Fsp3) is 0.263. The van der Waals surface area contributed by atoms with Crippen molar-refractivity contribution in [2.45, 2.75) is 36.4 Å². The fourth-order valence-corrected chi connectivity index (χ4v) is 3.90. The number of benzene rings is 2. The topological polar surface area (TPSA) is 39.9 Å². The second-order valence-corrected chi connectivity index (χ2v) is 7.57. The molecule has 2 aromatic carbocycles. The summed E-state index contributed by atoms with van der Waals surface area (Å²) in [5, 5.41) is 9.67. The Kier molecular flexibility index (Phi) is 5.31. The molecule has 0 N–H and O–H groups in total. The number of hydrogen-bond acceptors (Lipinski definition) is 4. The van der Waals surface area contributed by atoms with Crippen LogP contribution in [0.3, 0.4) is 0 Å². The first kappa shape index (κ1) is 18.3. The van der Waals surface area contributed by atoms with E-state index in [0.29, 0.717) is 33.4 Å². The van der Waals surface area contributed by atoms with Crippen LogP contribution in [0.25, 0.3) is 0 Å². The van der Waals surface area contributed by atoms with Crippen molar-refractivity contribution in [3.05, 3.63) is 70.5 Å². The van der Waals surface area contributed by atoms with E-state index in [0.717, 1.165) is 18.9 Å². The molecule has 3 aromatic rings. The third-order valence-electron chi connectivity index (χ3n) is 4.23. The van der Waals surface area contributed by atoms with Crippen molar-refractivity contribution >= 4 is 23.4 Å². The highest BCUT2D eigenvalue weighted by Gasteiger charge is 2.30. The minimum Gasteiger partial charge on any atom is -0.484 e. The number of hydrogen-bond donors (Lipinski definition) is 0. The van der Waals surface area contributed by atoms with Gasteiger partial charge in [-0.2, -0.15) is 0 Å². The summed E-state index contributed by atoms with van der Waals surface area (Å²) in [6, 6.07) is 11.8. The number of aromatic nitrogens is 3. The van der Waals surface area contributed by atoms with E-state index in [9.17, 15) is 8.78 Å². The SMILES string of the molecule is Fc1cccc(CSc2nnc(COc3ccccc3Cl)n2C2CC2)c1F. The highest BCUT2D eigenvalue weighted by atomic mass is 35.5. The van der Waals surface area contributed by atoms with Crippen LogP contribution >= 0.6 is 23.4 Å². The number of para-hydroxylation sites is 1. The lowest BCUT2D eigenvalue weighted by atomic mass is 10.2. The Morgan fingerprint density at radius 3 is 2.70 bits per heavy atom. The largest absolute Gasteiger partial charge is 0.484 e. The lowest BCUT2D eigenvalue weighted by Gasteiger charge is -2.11. The highest BCUT2D eigenvalue weighted by molar-refractivity contribution is 7.98. The molecule has 1 saturated carbocycles. The van der Waals surface area contributed by atoms with E-state index in [1.54, 1.807) is 18.2 Å². The van der Waals surface area contributed by atoms with Crippen LogP contribution in [-0.2, 0) is 12.4 Å². The first-order chi connectivity index (χ1) is 13.1. The number of nitrogens with zero attached hydrogens (tertiary/aromatic N) is 3. The molecule has 1 aliphatic rings. The van der Waals surface area contributed by atoms with Crippen LogP contribution in [0.1, 0.15) is 30.3 Å². The minimum atomic E-state index is -0.842. The molecular formula is C19H16ClF2N3OS. The second-order valence-electron chi connectivity index (χ2n) is 6.22. The molecule has 0 atom stereocenters. The van der Waals surface area contributed by atoms with Gasteiger partial charge in [0.1, 0.15) is 12.4 Å². The van der Waals surface area contributed by atoms with E-state index in [2.05, 4.69) is 10.2 Å². The molecule has 4 rings (SSSR count). The normalized spacial score (nSPS) is 13.7. The number of ether oxygens (including phenoxy) is 1. The Balaban J connectivity index is 1.49. The summed E-state index contributed by atoms with van der Waals surface area (Å²) < 4.78 is 35.0. The maximum atomic E-state index is 13.9. The highest BCUT2D eigenvalue weighted by Crippen LogP contribution is 2.39. The van der Waals surface area contributed by atoms with Gasteiger partial charge in [-0.1, -0.05) is 47.6 Å². The van der Waals surface area contributed by atoms with Crippen molar-refractivity contribution in [2.75, 3.05) is 0 Å². The Labute approximate surface area is 164 Å². The summed E-state index contributed by atoms with van der Waals surface area (Å²) in [6.07, 6.45) is 2.08. The van der Waals surface area contributed by atoms with Crippen LogP contribution < -0.4 is 4.74 Å². The van der Waals surface area contributed by atoms with E-state index < -0.39 is 11.6 Å². The molecule has 1 aliphatic carbocycles. The van der Waals surface area contributed by atoms with Crippen LogP contribution in [0.4, 0.5) is 8.78 Å². The molecule has 27 heavy (non-hydrogen) atoms. The van der Waals surface area contributed by atoms with Gasteiger partial charge in [0.25, 0.3) is 0 Å². The predicted octanol–water partition coefficient (Wildman–Crippen LogP) is 5.42. The zero-order valence-corrected chi connectivity index (χ0v) is 15.8. The second kappa shape index (κ2) is 7.86. The zero-order chi connectivity index (χ0) is 18.8. The average molecular weight is 408 g/mol. The van der Waals surface area contributed by atoms with Crippen molar-refractivity contribution in [3.63, 3.8) is 0 Å². The van der Waals surface area contributed by atoms with Crippen LogP contribution in [0.15, 0.2) is 47.6 Å². The molecule has 0 bridgehead atoms. The molecule has 8 heteroatoms. The number of thioether (sulfide) groups is 1. The van der Waals surface area contributed by atoms with Gasteiger partial charge in [-0.05, 0) is 31.0 Å². The van der Waals surface area contributed by atoms with Gasteiger partial charge >= 0.3 is 0 Å². The summed E-state index contributed by atoms with van der Waals surface area (Å²) in [4.78, 5) is 0. The first-order valence-electron chi connectivity index (χ1n) is 8.50. The lowest BCUT2D eigenvalue weighted by molar-refractivity contribution is 0.288. The summed E-state index contributed by atoms with van der Waals surface area (Å²) >= 11 is 7.46. The van der Waals surface area contributed by atoms with E-state index in [1.165, 1.54) is 17.8 Å². The van der Waals surface area contributed by atoms with Crippen molar-refractivity contribution < 1.29 is 13.5 Å². The monoisotopic (exact) mass is 407 g/mol. The molecule has 0 aliphatic heterocycles. The van der Waals surface area contributed by atoms with Crippen molar-refractivity contribution in [3.8, 4) is 5.75 Å². The van der Waals surface area contributed by atoms with Gasteiger partial charge in [0.2, 0.25) is 0 Å². The quantitative estimate of drug-likeness (QED) is 0.490. The molecule has 1 aromatic heterocycles. The first-order valence-corrected chi connectivity index (χ1v) is 9.86. The summed E-state index contributed by atoms with van der Waals surface area (Å²) in [6.45, 7) is 0.238. The smallest absolute Gasteiger partial charge is 0.191 e. The standard InChI is InChI=1S/C19H16ClF2N3OS/c20-14-5-1-2-7-16(14)26-10-17-23-24-19(25(17)13-8-9-13)27-11-12-4-3-6-15(21)18(12)22/h1-7,13H,8-11H2. The van der Waals surface area contributed by atoms with Crippen LogP contribution in [-0.4, -0.2) is 14.8 Å². The van der Waals surface area contributed by atoms with Crippen molar-refractivity contribution in [2.24, 2.45) is 0 Å². The molecular weight excluding hydrogens is 392 g/mol. The molecule has 0 unspecified atom stereocenters. The Morgan fingerprint density at radius 2 is 1.93 bits per heavy atom. The van der Waals surface area contributed by atoms with Gasteiger partial charge in [-0.15, -0.1) is 10.2 Å². The average Bonchev–Trinajstić information content (AvgIpc) is 3.43. The van der Waals surface area contributed by atoms with Crippen LogP contribution in [0.5, 0.6) is 5.75 Å². The molecule has 0 amide bonds. The summed E-state index contributed by atoms with van der Waals surface area (Å²) in [5.41, 5.74) is 0.305. The number of rotatable bonds is 7. The van der Waals surface area contributed by atoms with E-state index in [-0.39, 0.29) is 12.4 Å². The maximum Gasteiger partial charge on any atom is 0.191 e. The molecule has 1 heterocycles. The number of halogens is 3. The fourth-order valence-electron chi connectivity index (χ4n) is 2.71. The van der Waals surface area contributed by atoms with Crippen molar-refractivity contribution in [1.82, 2.24) is 14.8 Å². The third kappa shape index (κ3) is 4.09. The van der Waals surface area contributed by atoms with E-state index >= 15 is 0 Å². The Hall–Kier alpha value is -2.12. The third-order valence-corrected chi connectivity index (χ3v) is 5.53. The minimum absolute atomic E-state index is 0.238. The van der Waals surface area contributed by atoms with Crippen molar-refractivity contribution in [1.29, 1.82) is 0 Å². The predicted molar refractivity (Wildman–Crippen MR) is 100.0 cm³/mol. The maximum absolute atomic E-state index is 13.9. The lowest BCUT2D eigenvalue weighted by Crippen LogP contribution is -2.07. The molecule has 0 radical (unpaired) electrons. The van der Waals surface area contributed by atoms with Gasteiger partial charge in [0.05, 0.1) is 5.02 Å². The summed E-state index contributed by atoms with van der Waals surface area (Å²) in [7, 11) is 0. The molecule has 0 saturated heterocycles. The van der Waals surface area contributed by atoms with E-state index in [1.807, 2.05) is 16.7 Å². The van der Waals surface area contributed by atoms with E-state index in [4.69, 9.17) is 16.3 Å².